The number of methoxy groups -OCH3 is 3. The SMILES string of the molecule is COc1cc2c(c(OC)c1OC)-c1ccc(NCCCCCC(=O)NCCc3ccc(O)cc3)c(=O)cc1C(NC(C)=O)CC2. The fourth-order valence-electron chi connectivity index (χ4n) is 5.76. The maximum atomic E-state index is 13.4. The zero-order valence-corrected chi connectivity index (χ0v) is 26.5. The van der Waals surface area contributed by atoms with Crippen LogP contribution in [0.5, 0.6) is 23.0 Å². The van der Waals surface area contributed by atoms with Crippen LogP contribution in [0.1, 0.15) is 61.8 Å². The van der Waals surface area contributed by atoms with E-state index in [-0.39, 0.29) is 29.0 Å². The first kappa shape index (κ1) is 33.2. The van der Waals surface area contributed by atoms with E-state index >= 15 is 0 Å². The maximum Gasteiger partial charge on any atom is 0.220 e. The van der Waals surface area contributed by atoms with Crippen LogP contribution in [0.4, 0.5) is 5.69 Å². The number of benzene rings is 2. The van der Waals surface area contributed by atoms with Crippen molar-refractivity contribution in [1.82, 2.24) is 10.6 Å². The Kier molecular flexibility index (Phi) is 11.7. The largest absolute Gasteiger partial charge is 0.508 e. The molecule has 1 atom stereocenters. The van der Waals surface area contributed by atoms with Gasteiger partial charge >= 0.3 is 0 Å². The van der Waals surface area contributed by atoms with Gasteiger partial charge in [0.1, 0.15) is 5.75 Å². The van der Waals surface area contributed by atoms with Crippen LogP contribution in [0.25, 0.3) is 11.1 Å². The van der Waals surface area contributed by atoms with Gasteiger partial charge in [-0.15, -0.1) is 0 Å². The van der Waals surface area contributed by atoms with Gasteiger partial charge in [0, 0.05) is 32.0 Å². The Labute approximate surface area is 264 Å². The molecule has 3 aromatic rings. The van der Waals surface area contributed by atoms with Crippen molar-refractivity contribution < 1.29 is 28.9 Å². The van der Waals surface area contributed by atoms with Gasteiger partial charge in [0.2, 0.25) is 23.0 Å². The molecule has 4 N–H and O–H groups in total. The van der Waals surface area contributed by atoms with E-state index in [1.54, 1.807) is 45.6 Å². The highest BCUT2D eigenvalue weighted by Crippen LogP contribution is 2.50. The topological polar surface area (TPSA) is 135 Å². The van der Waals surface area contributed by atoms with Crippen LogP contribution in [0.15, 0.2) is 53.3 Å². The number of fused-ring (bicyclic) bond motifs is 3. The average Bonchev–Trinajstić information content (AvgIpc) is 3.27. The zero-order chi connectivity index (χ0) is 32.3. The van der Waals surface area contributed by atoms with Crippen LogP contribution in [0.2, 0.25) is 0 Å². The molecule has 10 heteroatoms. The smallest absolute Gasteiger partial charge is 0.220 e. The number of phenols is 1. The van der Waals surface area contributed by atoms with Gasteiger partial charge in [-0.3, -0.25) is 14.4 Å². The van der Waals surface area contributed by atoms with Gasteiger partial charge in [-0.1, -0.05) is 24.6 Å². The monoisotopic (exact) mass is 617 g/mol. The standard InChI is InChI=1S/C35H43N3O7/c1-22(39)38-28-15-11-24-20-31(43-2)34(44-3)35(45-4)33(24)26-14-16-29(30(41)21-27(26)28)36-18-7-5-6-8-32(42)37-19-17-23-9-12-25(40)13-10-23/h9-10,12-14,16,20-21,28,40H,5-8,11,15,17-19H2,1-4H3,(H,36,41)(H,37,42)(H,38,39). The molecule has 0 radical (unpaired) electrons. The summed E-state index contributed by atoms with van der Waals surface area (Å²) < 4.78 is 17.1. The first-order valence-corrected chi connectivity index (χ1v) is 15.3. The molecule has 0 saturated carbocycles. The number of aromatic hydroxyl groups is 1. The molecular formula is C35H43N3O7. The van der Waals surface area contributed by atoms with Crippen molar-refractivity contribution in [3.63, 3.8) is 0 Å². The van der Waals surface area contributed by atoms with Crippen molar-refractivity contribution in [1.29, 1.82) is 0 Å². The van der Waals surface area contributed by atoms with Crippen LogP contribution >= 0.6 is 0 Å². The highest BCUT2D eigenvalue weighted by Gasteiger charge is 2.29. The molecule has 2 amide bonds. The summed E-state index contributed by atoms with van der Waals surface area (Å²) in [6, 6.07) is 13.8. The summed E-state index contributed by atoms with van der Waals surface area (Å²) in [4.78, 5) is 37.8. The number of carbonyl (C=O) groups excluding carboxylic acids is 2. The first-order chi connectivity index (χ1) is 21.7. The Morgan fingerprint density at radius 3 is 2.36 bits per heavy atom. The summed E-state index contributed by atoms with van der Waals surface area (Å²) in [7, 11) is 4.70. The van der Waals surface area contributed by atoms with Crippen molar-refractivity contribution in [2.45, 2.75) is 57.9 Å². The molecule has 10 nitrogen and oxygen atoms in total. The second-order valence-corrected chi connectivity index (χ2v) is 11.1. The fraction of sp³-hybridized carbons (Fsp3) is 0.400. The highest BCUT2D eigenvalue weighted by atomic mass is 16.5. The number of hydrogen-bond donors (Lipinski definition) is 4. The number of unbranched alkanes of at least 4 members (excludes halogenated alkanes) is 2. The molecule has 45 heavy (non-hydrogen) atoms. The number of rotatable bonds is 14. The lowest BCUT2D eigenvalue weighted by atomic mass is 9.95. The molecule has 0 aliphatic heterocycles. The third kappa shape index (κ3) is 8.47. The number of phenolic OH excluding ortho intramolecular Hbond substituents is 1. The number of hydrogen-bond acceptors (Lipinski definition) is 8. The molecule has 0 fully saturated rings. The summed E-state index contributed by atoms with van der Waals surface area (Å²) in [6.07, 6.45) is 4.74. The van der Waals surface area contributed by atoms with Crippen molar-refractivity contribution in [3.05, 3.63) is 75.4 Å². The third-order valence-electron chi connectivity index (χ3n) is 7.98. The quantitative estimate of drug-likeness (QED) is 0.188. The third-order valence-corrected chi connectivity index (χ3v) is 7.98. The minimum Gasteiger partial charge on any atom is -0.508 e. The lowest BCUT2D eigenvalue weighted by Crippen LogP contribution is -2.26. The van der Waals surface area contributed by atoms with E-state index < -0.39 is 0 Å². The Hall–Kier alpha value is -4.73. The van der Waals surface area contributed by atoms with Gasteiger partial charge in [0.25, 0.3) is 0 Å². The molecule has 4 rings (SSSR count). The van der Waals surface area contributed by atoms with Gasteiger partial charge in [-0.05, 0) is 84.7 Å². The average molecular weight is 618 g/mol. The van der Waals surface area contributed by atoms with Gasteiger partial charge in [-0.2, -0.15) is 0 Å². The number of aryl methyl sites for hydroxylation is 1. The number of nitrogens with one attached hydrogen (secondary N) is 3. The summed E-state index contributed by atoms with van der Waals surface area (Å²) in [5.74, 6) is 1.58. The predicted octanol–water partition coefficient (Wildman–Crippen LogP) is 4.90. The highest BCUT2D eigenvalue weighted by molar-refractivity contribution is 5.83. The predicted molar refractivity (Wildman–Crippen MR) is 174 cm³/mol. The van der Waals surface area contributed by atoms with Crippen LogP contribution in [0.3, 0.4) is 0 Å². The molecule has 0 spiro atoms. The van der Waals surface area contributed by atoms with Gasteiger partial charge in [-0.25, -0.2) is 0 Å². The second kappa shape index (κ2) is 15.8. The first-order valence-electron chi connectivity index (χ1n) is 15.3. The molecule has 240 valence electrons. The summed E-state index contributed by atoms with van der Waals surface area (Å²) >= 11 is 0. The van der Waals surface area contributed by atoms with Crippen LogP contribution in [0, 0.1) is 0 Å². The molecule has 0 heterocycles. The molecule has 1 aliphatic carbocycles. The minimum atomic E-state index is -0.369. The van der Waals surface area contributed by atoms with E-state index in [9.17, 15) is 19.5 Å². The molecule has 1 aliphatic rings. The molecule has 3 aromatic carbocycles. The van der Waals surface area contributed by atoms with E-state index in [4.69, 9.17) is 14.2 Å². The van der Waals surface area contributed by atoms with Crippen LogP contribution in [-0.2, 0) is 22.4 Å². The van der Waals surface area contributed by atoms with E-state index in [1.807, 2.05) is 24.3 Å². The van der Waals surface area contributed by atoms with Crippen molar-refractivity contribution >= 4 is 17.5 Å². The van der Waals surface area contributed by atoms with Crippen molar-refractivity contribution in [3.8, 4) is 34.1 Å². The van der Waals surface area contributed by atoms with E-state index in [0.717, 1.165) is 41.5 Å². The van der Waals surface area contributed by atoms with E-state index in [1.165, 1.54) is 6.92 Å². The summed E-state index contributed by atoms with van der Waals surface area (Å²) in [5.41, 5.74) is 4.60. The van der Waals surface area contributed by atoms with Gasteiger partial charge in [0.05, 0.1) is 33.1 Å². The zero-order valence-electron chi connectivity index (χ0n) is 26.5. The van der Waals surface area contributed by atoms with Crippen molar-refractivity contribution in [2.75, 3.05) is 39.7 Å². The molecular weight excluding hydrogens is 574 g/mol. The number of ether oxygens (including phenoxy) is 3. The summed E-state index contributed by atoms with van der Waals surface area (Å²) in [5, 5.41) is 18.6. The van der Waals surface area contributed by atoms with Gasteiger partial charge in [0.15, 0.2) is 11.5 Å². The second-order valence-electron chi connectivity index (χ2n) is 11.1. The molecule has 1 unspecified atom stereocenters. The van der Waals surface area contributed by atoms with E-state index in [0.29, 0.717) is 67.3 Å². The Balaban J connectivity index is 1.42. The number of anilines is 1. The van der Waals surface area contributed by atoms with Crippen molar-refractivity contribution in [2.24, 2.45) is 0 Å². The lowest BCUT2D eigenvalue weighted by molar-refractivity contribution is -0.121. The molecule has 0 saturated heterocycles. The number of amides is 2. The number of carbonyl (C=O) groups is 2. The fourth-order valence-corrected chi connectivity index (χ4v) is 5.76. The molecule has 0 aromatic heterocycles. The van der Waals surface area contributed by atoms with Crippen LogP contribution < -0.4 is 35.6 Å². The Bertz CT molecular complexity index is 1560. The normalized spacial score (nSPS) is 13.5. The van der Waals surface area contributed by atoms with E-state index in [2.05, 4.69) is 16.0 Å². The Morgan fingerprint density at radius 1 is 0.911 bits per heavy atom. The van der Waals surface area contributed by atoms with Gasteiger partial charge < -0.3 is 35.3 Å². The minimum absolute atomic E-state index is 0.0128. The lowest BCUT2D eigenvalue weighted by Gasteiger charge is -2.19. The molecule has 0 bridgehead atoms. The Morgan fingerprint density at radius 2 is 1.67 bits per heavy atom. The maximum absolute atomic E-state index is 13.4. The van der Waals surface area contributed by atoms with Crippen LogP contribution in [-0.4, -0.2) is 51.3 Å². The summed E-state index contributed by atoms with van der Waals surface area (Å²) in [6.45, 7) is 2.60.